The van der Waals surface area contributed by atoms with Gasteiger partial charge in [-0.3, -0.25) is 5.32 Å². The standard InChI is InChI=1S/C11H17NO2S.C2H6/c1-7-6-15-8(2)9(7)12-10(13)14-11(3,4)5;1-2/h6H,1-5H3,(H,12,13);1-2H3. The van der Waals surface area contributed by atoms with Crippen molar-refractivity contribution >= 4 is 23.1 Å². The zero-order valence-electron chi connectivity index (χ0n) is 11.8. The van der Waals surface area contributed by atoms with Crippen LogP contribution in [0.25, 0.3) is 0 Å². The van der Waals surface area contributed by atoms with Crippen LogP contribution in [-0.4, -0.2) is 11.7 Å². The maximum absolute atomic E-state index is 11.5. The average molecular weight is 257 g/mol. The summed E-state index contributed by atoms with van der Waals surface area (Å²) >= 11 is 1.62. The summed E-state index contributed by atoms with van der Waals surface area (Å²) in [5.41, 5.74) is 1.49. The molecule has 0 saturated heterocycles. The molecule has 1 amide bonds. The molecule has 1 rings (SSSR count). The molecule has 4 heteroatoms. The summed E-state index contributed by atoms with van der Waals surface area (Å²) < 4.78 is 5.18. The summed E-state index contributed by atoms with van der Waals surface area (Å²) in [6.07, 6.45) is -0.396. The first-order valence-electron chi connectivity index (χ1n) is 5.84. The maximum atomic E-state index is 11.5. The lowest BCUT2D eigenvalue weighted by Crippen LogP contribution is -2.27. The maximum Gasteiger partial charge on any atom is 0.412 e. The lowest BCUT2D eigenvalue weighted by atomic mass is 10.2. The van der Waals surface area contributed by atoms with E-state index in [1.54, 1.807) is 11.3 Å². The van der Waals surface area contributed by atoms with E-state index in [9.17, 15) is 4.79 Å². The molecule has 0 fully saturated rings. The molecule has 0 aliphatic heterocycles. The van der Waals surface area contributed by atoms with Crippen molar-refractivity contribution in [1.29, 1.82) is 0 Å². The van der Waals surface area contributed by atoms with E-state index in [2.05, 4.69) is 5.32 Å². The highest BCUT2D eigenvalue weighted by molar-refractivity contribution is 7.10. The SMILES string of the molecule is CC.Cc1csc(C)c1NC(=O)OC(C)(C)C. The lowest BCUT2D eigenvalue weighted by molar-refractivity contribution is 0.0636. The second-order valence-electron chi connectivity index (χ2n) is 4.48. The number of nitrogens with one attached hydrogen (secondary N) is 1. The van der Waals surface area contributed by atoms with E-state index >= 15 is 0 Å². The first kappa shape index (κ1) is 16.0. The van der Waals surface area contributed by atoms with Crippen LogP contribution in [0.3, 0.4) is 0 Å². The molecule has 98 valence electrons. The highest BCUT2D eigenvalue weighted by Crippen LogP contribution is 2.26. The van der Waals surface area contributed by atoms with Crippen molar-refractivity contribution in [2.75, 3.05) is 5.32 Å². The number of ether oxygens (including phenoxy) is 1. The molecule has 0 atom stereocenters. The van der Waals surface area contributed by atoms with Crippen molar-refractivity contribution in [3.63, 3.8) is 0 Å². The Kier molecular flexibility index (Phi) is 6.24. The molecule has 0 saturated carbocycles. The zero-order valence-corrected chi connectivity index (χ0v) is 12.6. The molecule has 3 nitrogen and oxygen atoms in total. The Hall–Kier alpha value is -1.03. The Morgan fingerprint density at radius 3 is 2.18 bits per heavy atom. The van der Waals surface area contributed by atoms with Crippen LogP contribution >= 0.6 is 11.3 Å². The highest BCUT2D eigenvalue weighted by Gasteiger charge is 2.17. The number of amides is 1. The molecule has 0 aliphatic rings. The Bertz CT molecular complexity index is 344. The predicted octanol–water partition coefficient (Wildman–Crippen LogP) is 4.74. The second kappa shape index (κ2) is 6.64. The van der Waals surface area contributed by atoms with E-state index in [1.807, 2.05) is 53.8 Å². The lowest BCUT2D eigenvalue weighted by Gasteiger charge is -2.19. The molecule has 0 bridgehead atoms. The van der Waals surface area contributed by atoms with Crippen LogP contribution in [0, 0.1) is 13.8 Å². The molecule has 0 aliphatic carbocycles. The molecule has 17 heavy (non-hydrogen) atoms. The molecule has 0 unspecified atom stereocenters. The van der Waals surface area contributed by atoms with Crippen molar-refractivity contribution in [1.82, 2.24) is 0 Å². The van der Waals surface area contributed by atoms with Crippen molar-refractivity contribution in [3.8, 4) is 0 Å². The number of hydrogen-bond acceptors (Lipinski definition) is 3. The van der Waals surface area contributed by atoms with E-state index in [0.717, 1.165) is 16.1 Å². The van der Waals surface area contributed by atoms with Crippen LogP contribution < -0.4 is 5.32 Å². The van der Waals surface area contributed by atoms with Crippen LogP contribution in [0.5, 0.6) is 0 Å². The molecule has 1 N–H and O–H groups in total. The molecule has 1 heterocycles. The normalized spacial score (nSPS) is 10.3. The minimum Gasteiger partial charge on any atom is -0.444 e. The summed E-state index contributed by atoms with van der Waals surface area (Å²) in [4.78, 5) is 12.6. The van der Waals surface area contributed by atoms with Gasteiger partial charge in [0.25, 0.3) is 0 Å². The molecule has 1 aromatic heterocycles. The monoisotopic (exact) mass is 257 g/mol. The van der Waals surface area contributed by atoms with Gasteiger partial charge in [-0.2, -0.15) is 0 Å². The molecule has 1 aromatic rings. The van der Waals surface area contributed by atoms with Crippen LogP contribution in [0.1, 0.15) is 45.1 Å². The van der Waals surface area contributed by atoms with Gasteiger partial charge in [-0.05, 0) is 45.6 Å². The number of anilines is 1. The van der Waals surface area contributed by atoms with E-state index in [1.165, 1.54) is 0 Å². The van der Waals surface area contributed by atoms with Crippen molar-refractivity contribution in [2.45, 2.75) is 54.1 Å². The second-order valence-corrected chi connectivity index (χ2v) is 5.56. The van der Waals surface area contributed by atoms with Crippen molar-refractivity contribution in [3.05, 3.63) is 15.8 Å². The van der Waals surface area contributed by atoms with Gasteiger partial charge in [0.2, 0.25) is 0 Å². The Morgan fingerprint density at radius 2 is 1.82 bits per heavy atom. The first-order chi connectivity index (χ1) is 7.79. The molecular weight excluding hydrogens is 234 g/mol. The quantitative estimate of drug-likeness (QED) is 0.789. The van der Waals surface area contributed by atoms with E-state index in [-0.39, 0.29) is 0 Å². The van der Waals surface area contributed by atoms with E-state index in [0.29, 0.717) is 0 Å². The number of carbonyl (C=O) groups excluding carboxylic acids is 1. The van der Waals surface area contributed by atoms with Gasteiger partial charge in [0.15, 0.2) is 0 Å². The van der Waals surface area contributed by atoms with Gasteiger partial charge in [0, 0.05) is 4.88 Å². The van der Waals surface area contributed by atoms with E-state index in [4.69, 9.17) is 4.74 Å². The first-order valence-corrected chi connectivity index (χ1v) is 6.72. The number of carbonyl (C=O) groups is 1. The van der Waals surface area contributed by atoms with Gasteiger partial charge < -0.3 is 4.74 Å². The molecular formula is C13H23NO2S. The van der Waals surface area contributed by atoms with Crippen LogP contribution in [-0.2, 0) is 4.74 Å². The van der Waals surface area contributed by atoms with Crippen LogP contribution in [0.15, 0.2) is 5.38 Å². The van der Waals surface area contributed by atoms with Gasteiger partial charge >= 0.3 is 6.09 Å². The number of thiophene rings is 1. The Morgan fingerprint density at radius 1 is 1.29 bits per heavy atom. The molecule has 0 aromatic carbocycles. The predicted molar refractivity (Wildman–Crippen MR) is 75.0 cm³/mol. The third kappa shape index (κ3) is 5.73. The third-order valence-corrected chi connectivity index (χ3v) is 2.81. The largest absolute Gasteiger partial charge is 0.444 e. The minimum absolute atomic E-state index is 0.396. The fourth-order valence-electron chi connectivity index (χ4n) is 1.16. The molecule has 0 radical (unpaired) electrons. The van der Waals surface area contributed by atoms with Crippen LogP contribution in [0.2, 0.25) is 0 Å². The Balaban J connectivity index is 0.00000121. The minimum atomic E-state index is -0.456. The summed E-state index contributed by atoms with van der Waals surface area (Å²) in [6, 6.07) is 0. The molecule has 0 spiro atoms. The smallest absolute Gasteiger partial charge is 0.412 e. The summed E-state index contributed by atoms with van der Waals surface area (Å²) in [6.45, 7) is 13.5. The number of rotatable bonds is 1. The van der Waals surface area contributed by atoms with E-state index < -0.39 is 11.7 Å². The number of aryl methyl sites for hydroxylation is 2. The topological polar surface area (TPSA) is 38.3 Å². The fourth-order valence-corrected chi connectivity index (χ4v) is 1.97. The van der Waals surface area contributed by atoms with Crippen molar-refractivity contribution < 1.29 is 9.53 Å². The zero-order chi connectivity index (χ0) is 13.6. The highest BCUT2D eigenvalue weighted by atomic mass is 32.1. The van der Waals surface area contributed by atoms with Gasteiger partial charge in [-0.15, -0.1) is 11.3 Å². The third-order valence-electron chi connectivity index (χ3n) is 1.78. The number of hydrogen-bond donors (Lipinski definition) is 1. The summed E-state index contributed by atoms with van der Waals surface area (Å²) in [5, 5.41) is 4.78. The Labute approximate surface area is 108 Å². The summed E-state index contributed by atoms with van der Waals surface area (Å²) in [5.74, 6) is 0. The van der Waals surface area contributed by atoms with Gasteiger partial charge in [0.1, 0.15) is 5.60 Å². The van der Waals surface area contributed by atoms with Gasteiger partial charge in [-0.25, -0.2) is 4.79 Å². The average Bonchev–Trinajstić information content (AvgIpc) is 2.50. The summed E-state index contributed by atoms with van der Waals surface area (Å²) in [7, 11) is 0. The van der Waals surface area contributed by atoms with Gasteiger partial charge in [-0.1, -0.05) is 13.8 Å². The van der Waals surface area contributed by atoms with Crippen LogP contribution in [0.4, 0.5) is 10.5 Å². The fraction of sp³-hybridized carbons (Fsp3) is 0.615. The van der Waals surface area contributed by atoms with Crippen molar-refractivity contribution in [2.24, 2.45) is 0 Å². The van der Waals surface area contributed by atoms with Gasteiger partial charge in [0.05, 0.1) is 5.69 Å².